The Morgan fingerprint density at radius 1 is 1.18 bits per heavy atom. The zero-order chi connectivity index (χ0) is 8.48. The molecule has 1 aliphatic rings. The smallest absolute Gasteiger partial charge is 0.0323 e. The SMILES string of the molecule is CCC1(C)CC(C)CC(C)C1. The average Bonchev–Trinajstić information content (AvgIpc) is 1.84. The molecule has 1 saturated carbocycles. The van der Waals surface area contributed by atoms with Crippen molar-refractivity contribution in [3.05, 3.63) is 0 Å². The van der Waals surface area contributed by atoms with Gasteiger partial charge in [-0.2, -0.15) is 0 Å². The minimum atomic E-state index is 0.664. The molecule has 0 aromatic carbocycles. The van der Waals surface area contributed by atoms with Crippen LogP contribution in [0.4, 0.5) is 0 Å². The lowest BCUT2D eigenvalue weighted by molar-refractivity contribution is 0.119. The van der Waals surface area contributed by atoms with Crippen molar-refractivity contribution >= 4 is 0 Å². The standard InChI is InChI=1S/C11H22/c1-5-11(4)7-9(2)6-10(3)8-11/h9-10H,5-8H2,1-4H3. The molecule has 0 amide bonds. The third kappa shape index (κ3) is 2.21. The maximum Gasteiger partial charge on any atom is -0.0323 e. The van der Waals surface area contributed by atoms with Crippen molar-refractivity contribution in [2.45, 2.75) is 53.4 Å². The fraction of sp³-hybridized carbons (Fsp3) is 1.00. The molecule has 0 aliphatic heterocycles. The normalized spacial score (nSPS) is 45.8. The summed E-state index contributed by atoms with van der Waals surface area (Å²) >= 11 is 0. The van der Waals surface area contributed by atoms with Gasteiger partial charge in [0.1, 0.15) is 0 Å². The van der Waals surface area contributed by atoms with Crippen molar-refractivity contribution in [2.75, 3.05) is 0 Å². The van der Waals surface area contributed by atoms with Gasteiger partial charge in [-0.3, -0.25) is 0 Å². The van der Waals surface area contributed by atoms with Gasteiger partial charge in [-0.15, -0.1) is 0 Å². The van der Waals surface area contributed by atoms with Crippen LogP contribution in [-0.2, 0) is 0 Å². The minimum Gasteiger partial charge on any atom is -0.0649 e. The summed E-state index contributed by atoms with van der Waals surface area (Å²) in [6, 6.07) is 0. The van der Waals surface area contributed by atoms with Crippen LogP contribution < -0.4 is 0 Å². The summed E-state index contributed by atoms with van der Waals surface area (Å²) in [5.74, 6) is 1.92. The van der Waals surface area contributed by atoms with Crippen LogP contribution in [0.1, 0.15) is 53.4 Å². The van der Waals surface area contributed by atoms with Crippen LogP contribution in [0.5, 0.6) is 0 Å². The lowest BCUT2D eigenvalue weighted by atomic mass is 9.66. The van der Waals surface area contributed by atoms with Crippen LogP contribution >= 0.6 is 0 Å². The molecule has 0 nitrogen and oxygen atoms in total. The fourth-order valence-corrected chi connectivity index (χ4v) is 2.91. The van der Waals surface area contributed by atoms with Crippen molar-refractivity contribution in [1.29, 1.82) is 0 Å². The summed E-state index contributed by atoms with van der Waals surface area (Å²) in [6.45, 7) is 9.61. The van der Waals surface area contributed by atoms with Crippen molar-refractivity contribution < 1.29 is 0 Å². The number of hydrogen-bond donors (Lipinski definition) is 0. The Bertz CT molecular complexity index is 116. The highest BCUT2D eigenvalue weighted by Crippen LogP contribution is 2.43. The second-order valence-corrected chi connectivity index (χ2v) is 5.02. The molecule has 2 unspecified atom stereocenters. The molecule has 1 rings (SSSR count). The Labute approximate surface area is 71.4 Å². The molecular formula is C11H22. The Balaban J connectivity index is 2.55. The first-order valence-corrected chi connectivity index (χ1v) is 5.06. The quantitative estimate of drug-likeness (QED) is 0.538. The van der Waals surface area contributed by atoms with Crippen LogP contribution in [0.3, 0.4) is 0 Å². The summed E-state index contributed by atoms with van der Waals surface area (Å²) in [5, 5.41) is 0. The topological polar surface area (TPSA) is 0 Å². The largest absolute Gasteiger partial charge is 0.0649 e. The highest BCUT2D eigenvalue weighted by molar-refractivity contribution is 4.83. The molecule has 0 radical (unpaired) electrons. The third-order valence-corrected chi connectivity index (χ3v) is 3.34. The van der Waals surface area contributed by atoms with E-state index < -0.39 is 0 Å². The monoisotopic (exact) mass is 154 g/mol. The van der Waals surface area contributed by atoms with E-state index in [4.69, 9.17) is 0 Å². The van der Waals surface area contributed by atoms with E-state index in [0.29, 0.717) is 5.41 Å². The van der Waals surface area contributed by atoms with E-state index in [9.17, 15) is 0 Å². The van der Waals surface area contributed by atoms with Gasteiger partial charge in [0.15, 0.2) is 0 Å². The van der Waals surface area contributed by atoms with Gasteiger partial charge in [0, 0.05) is 0 Å². The molecule has 0 heteroatoms. The summed E-state index contributed by atoms with van der Waals surface area (Å²) < 4.78 is 0. The fourth-order valence-electron chi connectivity index (χ4n) is 2.91. The van der Waals surface area contributed by atoms with E-state index in [2.05, 4.69) is 27.7 Å². The van der Waals surface area contributed by atoms with E-state index in [0.717, 1.165) is 11.8 Å². The first-order chi connectivity index (χ1) is 5.06. The summed E-state index contributed by atoms with van der Waals surface area (Å²) in [7, 11) is 0. The van der Waals surface area contributed by atoms with Crippen molar-refractivity contribution in [2.24, 2.45) is 17.3 Å². The van der Waals surface area contributed by atoms with Gasteiger partial charge in [-0.05, 0) is 36.5 Å². The highest BCUT2D eigenvalue weighted by atomic mass is 14.4. The molecule has 1 fully saturated rings. The van der Waals surface area contributed by atoms with Crippen LogP contribution in [0.25, 0.3) is 0 Å². The summed E-state index contributed by atoms with van der Waals surface area (Å²) in [5.41, 5.74) is 0.664. The average molecular weight is 154 g/mol. The minimum absolute atomic E-state index is 0.664. The molecule has 0 heterocycles. The van der Waals surface area contributed by atoms with Crippen molar-refractivity contribution in [1.82, 2.24) is 0 Å². The predicted molar refractivity (Wildman–Crippen MR) is 50.6 cm³/mol. The molecule has 0 bridgehead atoms. The van der Waals surface area contributed by atoms with Gasteiger partial charge in [-0.1, -0.05) is 34.1 Å². The maximum absolute atomic E-state index is 2.46. The molecule has 0 aromatic rings. The second kappa shape index (κ2) is 3.16. The van der Waals surface area contributed by atoms with Crippen LogP contribution in [0, 0.1) is 17.3 Å². The Morgan fingerprint density at radius 2 is 1.64 bits per heavy atom. The van der Waals surface area contributed by atoms with E-state index in [1.165, 1.54) is 25.7 Å². The van der Waals surface area contributed by atoms with Gasteiger partial charge in [0.05, 0.1) is 0 Å². The Hall–Kier alpha value is 0. The molecule has 0 aromatic heterocycles. The van der Waals surface area contributed by atoms with E-state index >= 15 is 0 Å². The molecule has 11 heavy (non-hydrogen) atoms. The Kier molecular flexibility index (Phi) is 2.61. The van der Waals surface area contributed by atoms with E-state index in [1.54, 1.807) is 0 Å². The Morgan fingerprint density at radius 3 is 2.00 bits per heavy atom. The maximum atomic E-state index is 2.46. The van der Waals surface area contributed by atoms with E-state index in [-0.39, 0.29) is 0 Å². The zero-order valence-electron chi connectivity index (χ0n) is 8.48. The second-order valence-electron chi connectivity index (χ2n) is 5.02. The van der Waals surface area contributed by atoms with Crippen molar-refractivity contribution in [3.8, 4) is 0 Å². The molecule has 2 atom stereocenters. The number of rotatable bonds is 1. The van der Waals surface area contributed by atoms with Crippen LogP contribution in [0.15, 0.2) is 0 Å². The van der Waals surface area contributed by atoms with Gasteiger partial charge < -0.3 is 0 Å². The van der Waals surface area contributed by atoms with Gasteiger partial charge >= 0.3 is 0 Å². The lowest BCUT2D eigenvalue weighted by Gasteiger charge is -2.39. The predicted octanol–water partition coefficient (Wildman–Crippen LogP) is 3.86. The number of hydrogen-bond acceptors (Lipinski definition) is 0. The van der Waals surface area contributed by atoms with Gasteiger partial charge in [-0.25, -0.2) is 0 Å². The van der Waals surface area contributed by atoms with Crippen LogP contribution in [0.2, 0.25) is 0 Å². The molecule has 0 saturated heterocycles. The molecule has 0 N–H and O–H groups in total. The van der Waals surface area contributed by atoms with Gasteiger partial charge in [0.2, 0.25) is 0 Å². The molecule has 1 aliphatic carbocycles. The molecule has 66 valence electrons. The van der Waals surface area contributed by atoms with Gasteiger partial charge in [0.25, 0.3) is 0 Å². The molecule has 0 spiro atoms. The third-order valence-electron chi connectivity index (χ3n) is 3.34. The summed E-state index contributed by atoms with van der Waals surface area (Å²) in [6.07, 6.45) is 5.72. The first kappa shape index (κ1) is 9.09. The molecular weight excluding hydrogens is 132 g/mol. The lowest BCUT2D eigenvalue weighted by Crippen LogP contribution is -2.28. The zero-order valence-corrected chi connectivity index (χ0v) is 8.48. The van der Waals surface area contributed by atoms with Crippen LogP contribution in [-0.4, -0.2) is 0 Å². The summed E-state index contributed by atoms with van der Waals surface area (Å²) in [4.78, 5) is 0. The van der Waals surface area contributed by atoms with Crippen molar-refractivity contribution in [3.63, 3.8) is 0 Å². The first-order valence-electron chi connectivity index (χ1n) is 5.06. The highest BCUT2D eigenvalue weighted by Gasteiger charge is 2.31. The van der Waals surface area contributed by atoms with E-state index in [1.807, 2.05) is 0 Å².